The monoisotopic (exact) mass is 635 g/mol. The number of ether oxygens (including phenoxy) is 2. The predicted molar refractivity (Wildman–Crippen MR) is 176 cm³/mol. The molecule has 0 saturated carbocycles. The third-order valence-corrected chi connectivity index (χ3v) is 10.1. The minimum atomic E-state index is -0.900. The number of aliphatic hydroxyl groups is 1. The van der Waals surface area contributed by atoms with Crippen molar-refractivity contribution in [1.82, 2.24) is 10.2 Å². The lowest BCUT2D eigenvalue weighted by atomic mass is 9.93. The summed E-state index contributed by atoms with van der Waals surface area (Å²) in [6.45, 7) is 5.00. The molecule has 226 valence electrons. The van der Waals surface area contributed by atoms with Crippen LogP contribution in [0.1, 0.15) is 48.1 Å². The number of Topliss-reactive ketones (excluding diaryl/α,β-unsaturated/α-hetero) is 1. The summed E-state index contributed by atoms with van der Waals surface area (Å²) in [5, 5.41) is 23.0. The van der Waals surface area contributed by atoms with Crippen molar-refractivity contribution in [2.24, 2.45) is 0 Å². The van der Waals surface area contributed by atoms with Gasteiger partial charge in [0.15, 0.2) is 15.8 Å². The highest BCUT2D eigenvalue weighted by Crippen LogP contribution is 2.45. The van der Waals surface area contributed by atoms with Gasteiger partial charge < -0.3 is 14.6 Å². The summed E-state index contributed by atoms with van der Waals surface area (Å²) < 4.78 is 12.0. The van der Waals surface area contributed by atoms with Gasteiger partial charge in [-0.2, -0.15) is 0 Å². The average molecular weight is 636 g/mol. The van der Waals surface area contributed by atoms with Crippen molar-refractivity contribution in [1.29, 1.82) is 0 Å². The standard InChI is InChI=1S/C35H29N3O5S2/c1-20(2)21-10-12-23(13-11-21)30-29(31(39)24-14-15-27-28(18-24)43-17-16-42-27)32(40)33(41)38(30)34-36-37-35(45-34)44-19-25-8-5-7-22-6-3-4-9-26(22)25/h3-15,18,20,30,39H,16-17,19H2,1-2H3/b31-29+. The normalized spacial score (nSPS) is 17.4. The van der Waals surface area contributed by atoms with Crippen molar-refractivity contribution in [2.75, 3.05) is 18.1 Å². The van der Waals surface area contributed by atoms with Gasteiger partial charge in [0.25, 0.3) is 5.78 Å². The minimum absolute atomic E-state index is 0.0193. The Kier molecular flexibility index (Phi) is 7.76. The highest BCUT2D eigenvalue weighted by molar-refractivity contribution is 8.00. The molecule has 1 saturated heterocycles. The van der Waals surface area contributed by atoms with Crippen LogP contribution in [0.15, 0.2) is 94.8 Å². The molecule has 10 heteroatoms. The number of rotatable bonds is 7. The maximum Gasteiger partial charge on any atom is 0.301 e. The van der Waals surface area contributed by atoms with Crippen LogP contribution in [0, 0.1) is 0 Å². The number of amides is 1. The molecular formula is C35H29N3O5S2. The number of hydrogen-bond donors (Lipinski definition) is 1. The molecule has 1 amide bonds. The lowest BCUT2D eigenvalue weighted by molar-refractivity contribution is -0.132. The Bertz CT molecular complexity index is 1960. The van der Waals surface area contributed by atoms with Crippen LogP contribution in [0.4, 0.5) is 5.13 Å². The van der Waals surface area contributed by atoms with Gasteiger partial charge in [0, 0.05) is 11.3 Å². The molecule has 1 N–H and O–H groups in total. The largest absolute Gasteiger partial charge is 0.507 e. The minimum Gasteiger partial charge on any atom is -0.507 e. The first kappa shape index (κ1) is 29.1. The van der Waals surface area contributed by atoms with Crippen LogP contribution < -0.4 is 14.4 Å². The van der Waals surface area contributed by atoms with E-state index in [-0.39, 0.29) is 16.5 Å². The van der Waals surface area contributed by atoms with Crippen molar-refractivity contribution >= 4 is 56.5 Å². The number of carbonyl (C=O) groups is 2. The molecule has 1 unspecified atom stereocenters. The zero-order valence-electron chi connectivity index (χ0n) is 24.6. The molecule has 1 fully saturated rings. The van der Waals surface area contributed by atoms with Gasteiger partial charge in [0.2, 0.25) is 5.13 Å². The molecule has 7 rings (SSSR count). The van der Waals surface area contributed by atoms with Crippen molar-refractivity contribution in [3.63, 3.8) is 0 Å². The summed E-state index contributed by atoms with van der Waals surface area (Å²) in [6.07, 6.45) is 0. The Morgan fingerprint density at radius 1 is 0.956 bits per heavy atom. The zero-order chi connectivity index (χ0) is 31.1. The van der Waals surface area contributed by atoms with Gasteiger partial charge >= 0.3 is 5.91 Å². The lowest BCUT2D eigenvalue weighted by Gasteiger charge is -2.23. The Morgan fingerprint density at radius 2 is 1.71 bits per heavy atom. The summed E-state index contributed by atoms with van der Waals surface area (Å²) in [5.41, 5.74) is 3.29. The van der Waals surface area contributed by atoms with E-state index in [0.29, 0.717) is 51.9 Å². The molecule has 0 radical (unpaired) electrons. The first-order chi connectivity index (χ1) is 21.9. The van der Waals surface area contributed by atoms with Crippen LogP contribution in [0.2, 0.25) is 0 Å². The van der Waals surface area contributed by atoms with Crippen molar-refractivity contribution in [3.8, 4) is 11.5 Å². The summed E-state index contributed by atoms with van der Waals surface area (Å²) in [5.74, 6) is 0.137. The van der Waals surface area contributed by atoms with Gasteiger partial charge in [-0.1, -0.05) is 104 Å². The summed E-state index contributed by atoms with van der Waals surface area (Å²) in [6, 6.07) is 26.3. The molecule has 8 nitrogen and oxygen atoms in total. The Hall–Kier alpha value is -4.67. The number of anilines is 1. The van der Waals surface area contributed by atoms with Crippen LogP contribution in [-0.2, 0) is 15.3 Å². The Balaban J connectivity index is 1.26. The van der Waals surface area contributed by atoms with Gasteiger partial charge in [0.1, 0.15) is 19.0 Å². The number of hydrogen-bond acceptors (Lipinski definition) is 9. The van der Waals surface area contributed by atoms with Gasteiger partial charge in [0.05, 0.1) is 11.6 Å². The van der Waals surface area contributed by atoms with Gasteiger partial charge in [-0.3, -0.25) is 14.5 Å². The summed E-state index contributed by atoms with van der Waals surface area (Å²) in [4.78, 5) is 28.7. The molecule has 0 aliphatic carbocycles. The Morgan fingerprint density at radius 3 is 2.51 bits per heavy atom. The van der Waals surface area contributed by atoms with E-state index in [9.17, 15) is 14.7 Å². The fraction of sp³-hybridized carbons (Fsp3) is 0.200. The van der Waals surface area contributed by atoms with Crippen LogP contribution in [0.25, 0.3) is 16.5 Å². The Labute approximate surface area is 268 Å². The van der Waals surface area contributed by atoms with Gasteiger partial charge in [-0.25, -0.2) is 0 Å². The number of fused-ring (bicyclic) bond motifs is 2. The highest BCUT2D eigenvalue weighted by atomic mass is 32.2. The van der Waals surface area contributed by atoms with Crippen LogP contribution in [0.5, 0.6) is 11.5 Å². The summed E-state index contributed by atoms with van der Waals surface area (Å²) >= 11 is 2.77. The third-order valence-electron chi connectivity index (χ3n) is 8.01. The van der Waals surface area contributed by atoms with E-state index in [1.54, 1.807) is 18.2 Å². The van der Waals surface area contributed by atoms with E-state index in [0.717, 1.165) is 10.9 Å². The van der Waals surface area contributed by atoms with Crippen LogP contribution in [0.3, 0.4) is 0 Å². The number of carbonyl (C=O) groups excluding carboxylic acids is 2. The number of ketones is 1. The summed E-state index contributed by atoms with van der Waals surface area (Å²) in [7, 11) is 0. The molecule has 1 atom stereocenters. The second kappa shape index (κ2) is 12.0. The number of nitrogens with zero attached hydrogens (tertiary/aromatic N) is 3. The molecule has 45 heavy (non-hydrogen) atoms. The van der Waals surface area contributed by atoms with Crippen LogP contribution >= 0.6 is 23.1 Å². The number of aromatic nitrogens is 2. The fourth-order valence-corrected chi connectivity index (χ4v) is 7.54. The fourth-order valence-electron chi connectivity index (χ4n) is 5.67. The first-order valence-electron chi connectivity index (χ1n) is 14.6. The van der Waals surface area contributed by atoms with Gasteiger partial charge in [-0.15, -0.1) is 10.2 Å². The SMILES string of the molecule is CC(C)c1ccc(C2/C(=C(\O)c3ccc4c(c3)OCCO4)C(=O)C(=O)N2c2nnc(SCc3cccc4ccccc34)s2)cc1. The maximum atomic E-state index is 13.7. The molecule has 1 aromatic heterocycles. The average Bonchev–Trinajstić information content (AvgIpc) is 3.64. The maximum absolute atomic E-state index is 13.7. The van der Waals surface area contributed by atoms with E-state index < -0.39 is 17.7 Å². The molecule has 0 bridgehead atoms. The van der Waals surface area contributed by atoms with E-state index in [1.807, 2.05) is 42.5 Å². The molecule has 4 aromatic carbocycles. The molecule has 2 aliphatic heterocycles. The smallest absolute Gasteiger partial charge is 0.301 e. The van der Waals surface area contributed by atoms with Crippen molar-refractivity contribution in [2.45, 2.75) is 35.9 Å². The topological polar surface area (TPSA) is 102 Å². The molecule has 2 aliphatic rings. The number of aliphatic hydroxyl groups excluding tert-OH is 1. The molecule has 0 spiro atoms. The lowest BCUT2D eigenvalue weighted by Crippen LogP contribution is -2.29. The van der Waals surface area contributed by atoms with E-state index >= 15 is 0 Å². The molecular weight excluding hydrogens is 607 g/mol. The van der Waals surface area contributed by atoms with Gasteiger partial charge in [-0.05, 0) is 51.6 Å². The van der Waals surface area contributed by atoms with E-state index in [1.165, 1.54) is 38.9 Å². The van der Waals surface area contributed by atoms with Crippen LogP contribution in [-0.4, -0.2) is 40.2 Å². The predicted octanol–water partition coefficient (Wildman–Crippen LogP) is 7.50. The third kappa shape index (κ3) is 5.44. The second-order valence-electron chi connectivity index (χ2n) is 11.1. The quantitative estimate of drug-likeness (QED) is 0.0645. The van der Waals surface area contributed by atoms with E-state index in [2.05, 4.69) is 48.3 Å². The van der Waals surface area contributed by atoms with Crippen molar-refractivity contribution in [3.05, 3.63) is 113 Å². The van der Waals surface area contributed by atoms with Crippen molar-refractivity contribution < 1.29 is 24.2 Å². The molecule has 5 aromatic rings. The highest BCUT2D eigenvalue weighted by Gasteiger charge is 2.48. The number of benzene rings is 4. The zero-order valence-corrected chi connectivity index (χ0v) is 26.2. The second-order valence-corrected chi connectivity index (χ2v) is 13.3. The molecule has 3 heterocycles. The first-order valence-corrected chi connectivity index (χ1v) is 16.4. The number of thioether (sulfide) groups is 1. The van der Waals surface area contributed by atoms with E-state index in [4.69, 9.17) is 9.47 Å².